The van der Waals surface area contributed by atoms with Crippen molar-refractivity contribution >= 4 is 5.91 Å². The summed E-state index contributed by atoms with van der Waals surface area (Å²) in [6, 6.07) is 4.93. The fraction of sp³-hybridized carbons (Fsp3) is 0. The van der Waals surface area contributed by atoms with Crippen molar-refractivity contribution in [2.75, 3.05) is 0 Å². The molecule has 0 aliphatic carbocycles. The molecule has 2 N–H and O–H groups in total. The zero-order valence-electron chi connectivity index (χ0n) is 7.29. The highest BCUT2D eigenvalue weighted by Gasteiger charge is 2.03. The first kappa shape index (κ1) is 8.43. The second-order valence-corrected chi connectivity index (χ2v) is 2.72. The van der Waals surface area contributed by atoms with Crippen LogP contribution in [-0.2, 0) is 0 Å². The van der Waals surface area contributed by atoms with Gasteiger partial charge < -0.3 is 5.73 Å². The summed E-state index contributed by atoms with van der Waals surface area (Å²) in [5.74, 6) is 0.104. The third kappa shape index (κ3) is 1.47. The molecule has 2 rings (SSSR count). The highest BCUT2D eigenvalue weighted by atomic mass is 16.1. The summed E-state index contributed by atoms with van der Waals surface area (Å²) >= 11 is 0. The lowest BCUT2D eigenvalue weighted by Gasteiger charge is -2.00. The number of pyridine rings is 1. The van der Waals surface area contributed by atoms with Gasteiger partial charge in [0, 0.05) is 24.2 Å². The maximum absolute atomic E-state index is 10.9. The largest absolute Gasteiger partial charge is 0.366 e. The minimum atomic E-state index is -0.471. The number of nitrogens with two attached hydrogens (primary N) is 1. The van der Waals surface area contributed by atoms with Crippen LogP contribution < -0.4 is 5.73 Å². The molecule has 2 aromatic heterocycles. The van der Waals surface area contributed by atoms with Gasteiger partial charge in [0.1, 0.15) is 0 Å². The second-order valence-electron chi connectivity index (χ2n) is 2.72. The molecule has 0 atom stereocenters. The Bertz CT molecular complexity index is 450. The summed E-state index contributed by atoms with van der Waals surface area (Å²) in [5, 5.41) is 3.99. The van der Waals surface area contributed by atoms with Crippen molar-refractivity contribution in [3.63, 3.8) is 0 Å². The number of hydrogen-bond acceptors (Lipinski definition) is 3. The SMILES string of the molecule is NC(=O)c1ccnc(-n2cccn2)c1. The molecule has 0 saturated heterocycles. The minimum Gasteiger partial charge on any atom is -0.366 e. The molecule has 14 heavy (non-hydrogen) atoms. The van der Waals surface area contributed by atoms with Crippen LogP contribution in [0.5, 0.6) is 0 Å². The molecule has 0 fully saturated rings. The number of hydrogen-bond donors (Lipinski definition) is 1. The van der Waals surface area contributed by atoms with Gasteiger partial charge in [0.2, 0.25) is 5.91 Å². The van der Waals surface area contributed by atoms with Crippen LogP contribution in [0.25, 0.3) is 5.82 Å². The predicted octanol–water partition coefficient (Wildman–Crippen LogP) is 0.366. The first-order chi connectivity index (χ1) is 6.77. The molecule has 0 saturated carbocycles. The third-order valence-corrected chi connectivity index (χ3v) is 1.77. The smallest absolute Gasteiger partial charge is 0.248 e. The van der Waals surface area contributed by atoms with Crippen molar-refractivity contribution in [2.45, 2.75) is 0 Å². The van der Waals surface area contributed by atoms with Crippen LogP contribution in [0.3, 0.4) is 0 Å². The van der Waals surface area contributed by atoms with E-state index < -0.39 is 5.91 Å². The Morgan fingerprint density at radius 1 is 1.43 bits per heavy atom. The number of rotatable bonds is 2. The van der Waals surface area contributed by atoms with Gasteiger partial charge in [0.25, 0.3) is 0 Å². The van der Waals surface area contributed by atoms with E-state index in [-0.39, 0.29) is 0 Å². The Morgan fingerprint density at radius 2 is 2.29 bits per heavy atom. The quantitative estimate of drug-likeness (QED) is 0.739. The van der Waals surface area contributed by atoms with Crippen LogP contribution in [0.1, 0.15) is 10.4 Å². The lowest BCUT2D eigenvalue weighted by atomic mass is 10.2. The lowest BCUT2D eigenvalue weighted by Crippen LogP contribution is -2.12. The van der Waals surface area contributed by atoms with Gasteiger partial charge in [-0.1, -0.05) is 0 Å². The Labute approximate surface area is 80.2 Å². The van der Waals surface area contributed by atoms with Crippen LogP contribution in [0, 0.1) is 0 Å². The Balaban J connectivity index is 2.46. The molecule has 0 aliphatic rings. The summed E-state index contributed by atoms with van der Waals surface area (Å²) in [7, 11) is 0. The van der Waals surface area contributed by atoms with Crippen molar-refractivity contribution in [3.8, 4) is 5.82 Å². The average molecular weight is 188 g/mol. The molecule has 0 unspecified atom stereocenters. The molecule has 70 valence electrons. The van der Waals surface area contributed by atoms with Gasteiger partial charge in [-0.3, -0.25) is 4.79 Å². The zero-order chi connectivity index (χ0) is 9.97. The number of carbonyl (C=O) groups excluding carboxylic acids is 1. The van der Waals surface area contributed by atoms with Crippen LogP contribution in [0.15, 0.2) is 36.8 Å². The molecule has 2 heterocycles. The molecule has 5 heteroatoms. The molecule has 0 spiro atoms. The van der Waals surface area contributed by atoms with Gasteiger partial charge in [-0.25, -0.2) is 9.67 Å². The van der Waals surface area contributed by atoms with Gasteiger partial charge in [-0.05, 0) is 18.2 Å². The first-order valence-corrected chi connectivity index (χ1v) is 4.03. The van der Waals surface area contributed by atoms with Crippen LogP contribution in [0.4, 0.5) is 0 Å². The maximum Gasteiger partial charge on any atom is 0.248 e. The highest BCUT2D eigenvalue weighted by molar-refractivity contribution is 5.93. The van der Waals surface area contributed by atoms with Gasteiger partial charge in [0.05, 0.1) is 0 Å². The predicted molar refractivity (Wildman–Crippen MR) is 49.9 cm³/mol. The average Bonchev–Trinajstić information content (AvgIpc) is 2.71. The molecule has 5 nitrogen and oxygen atoms in total. The van der Waals surface area contributed by atoms with E-state index in [1.807, 2.05) is 0 Å². The highest BCUT2D eigenvalue weighted by Crippen LogP contribution is 2.04. The van der Waals surface area contributed by atoms with Crippen molar-refractivity contribution in [3.05, 3.63) is 42.4 Å². The number of amides is 1. The number of primary amides is 1. The van der Waals surface area contributed by atoms with E-state index in [4.69, 9.17) is 5.73 Å². The van der Waals surface area contributed by atoms with E-state index in [1.54, 1.807) is 35.3 Å². The molecule has 0 aromatic carbocycles. The van der Waals surface area contributed by atoms with E-state index in [0.29, 0.717) is 11.4 Å². The Morgan fingerprint density at radius 3 is 2.93 bits per heavy atom. The number of carbonyl (C=O) groups is 1. The molecule has 2 aromatic rings. The van der Waals surface area contributed by atoms with Crippen LogP contribution in [-0.4, -0.2) is 20.7 Å². The molecule has 0 bridgehead atoms. The monoisotopic (exact) mass is 188 g/mol. The lowest BCUT2D eigenvalue weighted by molar-refractivity contribution is 0.1000. The van der Waals surface area contributed by atoms with E-state index in [9.17, 15) is 4.79 Å². The van der Waals surface area contributed by atoms with Crippen LogP contribution >= 0.6 is 0 Å². The summed E-state index contributed by atoms with van der Waals surface area (Å²) in [4.78, 5) is 14.9. The molecular formula is C9H8N4O. The van der Waals surface area contributed by atoms with Crippen molar-refractivity contribution in [1.82, 2.24) is 14.8 Å². The fourth-order valence-corrected chi connectivity index (χ4v) is 1.10. The summed E-state index contributed by atoms with van der Waals surface area (Å²) in [5.41, 5.74) is 5.56. The van der Waals surface area contributed by atoms with Crippen molar-refractivity contribution in [2.24, 2.45) is 5.73 Å². The van der Waals surface area contributed by atoms with E-state index in [0.717, 1.165) is 0 Å². The number of aromatic nitrogens is 3. The molecule has 0 radical (unpaired) electrons. The van der Waals surface area contributed by atoms with Gasteiger partial charge in [-0.2, -0.15) is 5.10 Å². The minimum absolute atomic E-state index is 0.422. The summed E-state index contributed by atoms with van der Waals surface area (Å²) in [6.07, 6.45) is 4.91. The van der Waals surface area contributed by atoms with E-state index >= 15 is 0 Å². The van der Waals surface area contributed by atoms with Gasteiger partial charge in [-0.15, -0.1) is 0 Å². The maximum atomic E-state index is 10.9. The van der Waals surface area contributed by atoms with Crippen molar-refractivity contribution < 1.29 is 4.79 Å². The fourth-order valence-electron chi connectivity index (χ4n) is 1.10. The molecule has 1 amide bonds. The molecule has 0 aliphatic heterocycles. The third-order valence-electron chi connectivity index (χ3n) is 1.77. The Hall–Kier alpha value is -2.17. The van der Waals surface area contributed by atoms with Crippen molar-refractivity contribution in [1.29, 1.82) is 0 Å². The standard InChI is InChI=1S/C9H8N4O/c10-9(14)7-2-4-11-8(6-7)13-5-1-3-12-13/h1-6H,(H2,10,14). The topological polar surface area (TPSA) is 73.8 Å². The second kappa shape index (κ2) is 3.29. The zero-order valence-corrected chi connectivity index (χ0v) is 7.29. The summed E-state index contributed by atoms with van der Waals surface area (Å²) in [6.45, 7) is 0. The van der Waals surface area contributed by atoms with Crippen LogP contribution in [0.2, 0.25) is 0 Å². The van der Waals surface area contributed by atoms with E-state index in [2.05, 4.69) is 10.1 Å². The van der Waals surface area contributed by atoms with Gasteiger partial charge >= 0.3 is 0 Å². The first-order valence-electron chi connectivity index (χ1n) is 4.03. The molecular weight excluding hydrogens is 180 g/mol. The summed E-state index contributed by atoms with van der Waals surface area (Å²) < 4.78 is 1.56. The van der Waals surface area contributed by atoms with E-state index in [1.165, 1.54) is 6.20 Å². The van der Waals surface area contributed by atoms with Gasteiger partial charge in [0.15, 0.2) is 5.82 Å². The Kier molecular flexibility index (Phi) is 1.98. The normalized spacial score (nSPS) is 10.0. The number of nitrogens with zero attached hydrogens (tertiary/aromatic N) is 3.